The van der Waals surface area contributed by atoms with E-state index in [1.807, 2.05) is 0 Å². The number of carboxylic acid groups (broad SMARTS) is 1. The molecule has 10 heteroatoms. The second-order valence-corrected chi connectivity index (χ2v) is 7.28. The Labute approximate surface area is 160 Å². The van der Waals surface area contributed by atoms with Gasteiger partial charge in [-0.15, -0.1) is 0 Å². The Bertz CT molecular complexity index is 869. The molecule has 0 aromatic heterocycles. The summed E-state index contributed by atoms with van der Waals surface area (Å²) < 4.78 is 4.61. The second kappa shape index (κ2) is 7.10. The van der Waals surface area contributed by atoms with E-state index in [2.05, 4.69) is 10.1 Å². The Morgan fingerprint density at radius 2 is 2.11 bits per heavy atom. The summed E-state index contributed by atoms with van der Waals surface area (Å²) in [6.45, 7) is 1.87. The zero-order chi connectivity index (χ0) is 20.6. The lowest BCUT2D eigenvalue weighted by Crippen LogP contribution is -2.38. The molecular weight excluding hydrogens is 370 g/mol. The molecule has 10 nitrogen and oxygen atoms in total. The van der Waals surface area contributed by atoms with Crippen LogP contribution >= 0.6 is 0 Å². The monoisotopic (exact) mass is 391 g/mol. The van der Waals surface area contributed by atoms with Crippen LogP contribution in [0.3, 0.4) is 0 Å². The molecule has 2 amide bonds. The minimum Gasteiger partial charge on any atom is -0.481 e. The summed E-state index contributed by atoms with van der Waals surface area (Å²) >= 11 is 0. The molecule has 1 aromatic carbocycles. The Morgan fingerprint density at radius 1 is 1.39 bits per heavy atom. The van der Waals surface area contributed by atoms with Crippen molar-refractivity contribution < 1.29 is 29.2 Å². The predicted molar refractivity (Wildman–Crippen MR) is 97.2 cm³/mol. The second-order valence-electron chi connectivity index (χ2n) is 7.28. The highest BCUT2D eigenvalue weighted by Crippen LogP contribution is 2.49. The molecule has 1 aliphatic heterocycles. The van der Waals surface area contributed by atoms with Gasteiger partial charge in [0, 0.05) is 19.2 Å². The number of nitrogens with one attached hydrogen (secondary N) is 1. The molecule has 1 saturated carbocycles. The summed E-state index contributed by atoms with van der Waals surface area (Å²) in [7, 11) is 1.15. The van der Waals surface area contributed by atoms with E-state index in [1.54, 1.807) is 0 Å². The van der Waals surface area contributed by atoms with Gasteiger partial charge in [0.25, 0.3) is 5.69 Å². The Balaban J connectivity index is 1.86. The molecule has 1 heterocycles. The number of nitrogens with zero attached hydrogens (tertiary/aromatic N) is 2. The van der Waals surface area contributed by atoms with Crippen LogP contribution in [0.25, 0.3) is 0 Å². The van der Waals surface area contributed by atoms with E-state index in [0.29, 0.717) is 13.0 Å². The maximum absolute atomic E-state index is 12.7. The van der Waals surface area contributed by atoms with E-state index < -0.39 is 28.3 Å². The first-order valence-corrected chi connectivity index (χ1v) is 8.86. The van der Waals surface area contributed by atoms with Crippen LogP contribution in [-0.4, -0.2) is 53.1 Å². The molecule has 28 heavy (non-hydrogen) atoms. The van der Waals surface area contributed by atoms with Crippen LogP contribution < -0.4 is 5.32 Å². The summed E-state index contributed by atoms with van der Waals surface area (Å²) in [5.74, 6) is -1.77. The highest BCUT2D eigenvalue weighted by Gasteiger charge is 2.55. The van der Waals surface area contributed by atoms with Crippen LogP contribution in [0.4, 0.5) is 16.2 Å². The number of ether oxygens (including phenoxy) is 1. The number of hydrogen-bond acceptors (Lipinski definition) is 6. The highest BCUT2D eigenvalue weighted by molar-refractivity contribution is 5.96. The Kier molecular flexibility index (Phi) is 4.97. The summed E-state index contributed by atoms with van der Waals surface area (Å²) in [4.78, 5) is 48.4. The number of anilines is 1. The van der Waals surface area contributed by atoms with Crippen molar-refractivity contribution in [3.05, 3.63) is 33.4 Å². The number of rotatable bonds is 4. The maximum Gasteiger partial charge on any atom is 0.338 e. The zero-order valence-corrected chi connectivity index (χ0v) is 15.6. The van der Waals surface area contributed by atoms with Gasteiger partial charge in [-0.05, 0) is 31.7 Å². The summed E-state index contributed by atoms with van der Waals surface area (Å²) in [6.07, 6.45) is 2.09. The molecule has 0 radical (unpaired) electrons. The van der Waals surface area contributed by atoms with Gasteiger partial charge in [-0.1, -0.05) is 6.42 Å². The average molecular weight is 391 g/mol. The number of urea groups is 1. The fourth-order valence-corrected chi connectivity index (χ4v) is 4.24. The molecule has 2 aliphatic rings. The third-order valence-electron chi connectivity index (χ3n) is 5.82. The maximum atomic E-state index is 12.7. The fraction of sp³-hybridized carbons (Fsp3) is 0.500. The van der Waals surface area contributed by atoms with E-state index in [4.69, 9.17) is 0 Å². The van der Waals surface area contributed by atoms with Gasteiger partial charge in [-0.2, -0.15) is 0 Å². The first kappa shape index (κ1) is 19.6. The molecule has 0 bridgehead atoms. The van der Waals surface area contributed by atoms with Crippen molar-refractivity contribution in [3.8, 4) is 0 Å². The normalized spacial score (nSPS) is 23.2. The zero-order valence-electron chi connectivity index (χ0n) is 15.6. The number of carbonyl (C=O) groups excluding carboxylic acids is 2. The smallest absolute Gasteiger partial charge is 0.338 e. The molecule has 150 valence electrons. The molecular formula is C18H21N3O7. The number of amides is 2. The molecule has 2 N–H and O–H groups in total. The summed E-state index contributed by atoms with van der Waals surface area (Å²) in [5, 5.41) is 23.5. The van der Waals surface area contributed by atoms with Crippen LogP contribution in [0.15, 0.2) is 12.1 Å². The number of esters is 1. The Morgan fingerprint density at radius 3 is 2.68 bits per heavy atom. The van der Waals surface area contributed by atoms with Gasteiger partial charge < -0.3 is 20.1 Å². The van der Waals surface area contributed by atoms with Gasteiger partial charge in [0.15, 0.2) is 0 Å². The number of fused-ring (bicyclic) bond motifs is 1. The number of hydrogen-bond donors (Lipinski definition) is 2. The lowest BCUT2D eigenvalue weighted by Gasteiger charge is -2.23. The minimum absolute atomic E-state index is 0.0598. The first-order valence-electron chi connectivity index (χ1n) is 8.86. The third-order valence-corrected chi connectivity index (χ3v) is 5.82. The number of methoxy groups -OCH3 is 1. The van der Waals surface area contributed by atoms with Gasteiger partial charge in [-0.25, -0.2) is 9.59 Å². The predicted octanol–water partition coefficient (Wildman–Crippen LogP) is 2.41. The van der Waals surface area contributed by atoms with Crippen molar-refractivity contribution in [3.63, 3.8) is 0 Å². The Hall–Kier alpha value is -3.17. The van der Waals surface area contributed by atoms with Crippen LogP contribution in [0.2, 0.25) is 0 Å². The molecule has 3 rings (SSSR count). The topological polar surface area (TPSA) is 139 Å². The SMILES string of the molecule is COC(=O)c1cc(NC(=O)N2C[C@@H]3CCC[C@@]3(C(=O)O)C2)c(C)c([N+](=O)[O-])c1. The largest absolute Gasteiger partial charge is 0.481 e. The highest BCUT2D eigenvalue weighted by atomic mass is 16.6. The lowest BCUT2D eigenvalue weighted by atomic mass is 9.81. The minimum atomic E-state index is -0.924. The van der Waals surface area contributed by atoms with Gasteiger partial charge in [0.1, 0.15) is 0 Å². The first-order chi connectivity index (χ1) is 13.2. The van der Waals surface area contributed by atoms with Crippen LogP contribution in [-0.2, 0) is 9.53 Å². The molecule has 1 aromatic rings. The van der Waals surface area contributed by atoms with E-state index in [-0.39, 0.29) is 35.0 Å². The lowest BCUT2D eigenvalue weighted by molar-refractivity contribution is -0.385. The van der Waals surface area contributed by atoms with Crippen molar-refractivity contribution in [2.75, 3.05) is 25.5 Å². The molecule has 1 saturated heterocycles. The number of aliphatic carboxylic acids is 1. The fourth-order valence-electron chi connectivity index (χ4n) is 4.24. The van der Waals surface area contributed by atoms with Gasteiger partial charge in [0.2, 0.25) is 0 Å². The van der Waals surface area contributed by atoms with Crippen molar-refractivity contribution >= 4 is 29.3 Å². The third kappa shape index (κ3) is 3.14. The summed E-state index contributed by atoms with van der Waals surface area (Å²) in [6, 6.07) is 1.86. The molecule has 0 unspecified atom stereocenters. The number of carboxylic acids is 1. The number of nitro groups is 1. The molecule has 1 aliphatic carbocycles. The van der Waals surface area contributed by atoms with Crippen LogP contribution in [0, 0.1) is 28.4 Å². The van der Waals surface area contributed by atoms with Crippen molar-refractivity contribution in [2.45, 2.75) is 26.2 Å². The van der Waals surface area contributed by atoms with Crippen molar-refractivity contribution in [2.24, 2.45) is 11.3 Å². The molecule has 2 atom stereocenters. The van der Waals surface area contributed by atoms with Gasteiger partial charge in [0.05, 0.1) is 34.3 Å². The van der Waals surface area contributed by atoms with Gasteiger partial charge in [-0.3, -0.25) is 14.9 Å². The quantitative estimate of drug-likeness (QED) is 0.456. The standard InChI is InChI=1S/C18H21N3O7/c1-10-13(6-11(15(22)28-2)7-14(10)21(26)27)19-17(25)20-8-12-4-3-5-18(12,9-20)16(23)24/h6-7,12H,3-5,8-9H2,1-2H3,(H,19,25)(H,23,24)/t12-,18+/m0/s1. The summed E-state index contributed by atoms with van der Waals surface area (Å²) in [5.41, 5.74) is -1.00. The number of nitro benzene ring substituents is 1. The van der Waals surface area contributed by atoms with E-state index in [9.17, 15) is 29.6 Å². The molecule has 0 spiro atoms. The van der Waals surface area contributed by atoms with Crippen molar-refractivity contribution in [1.82, 2.24) is 4.90 Å². The van der Waals surface area contributed by atoms with Crippen LogP contribution in [0.5, 0.6) is 0 Å². The number of benzene rings is 1. The number of carbonyl (C=O) groups is 3. The van der Waals surface area contributed by atoms with E-state index in [1.165, 1.54) is 17.9 Å². The van der Waals surface area contributed by atoms with Crippen LogP contribution in [0.1, 0.15) is 35.2 Å². The van der Waals surface area contributed by atoms with Crippen molar-refractivity contribution in [1.29, 1.82) is 0 Å². The van der Waals surface area contributed by atoms with E-state index in [0.717, 1.165) is 26.0 Å². The van der Waals surface area contributed by atoms with Gasteiger partial charge >= 0.3 is 18.0 Å². The molecule has 2 fully saturated rings. The average Bonchev–Trinajstić information content (AvgIpc) is 3.21. The van der Waals surface area contributed by atoms with E-state index >= 15 is 0 Å². The number of likely N-dealkylation sites (tertiary alicyclic amines) is 1.